The minimum absolute atomic E-state index is 0.0383. The second-order valence-electron chi connectivity index (χ2n) is 8.26. The second-order valence-corrected chi connectivity index (χ2v) is 8.26. The summed E-state index contributed by atoms with van der Waals surface area (Å²) in [5, 5.41) is 0.579. The molecule has 3 aromatic rings. The van der Waals surface area contributed by atoms with Crippen molar-refractivity contribution in [1.29, 1.82) is 0 Å². The van der Waals surface area contributed by atoms with Crippen LogP contribution < -0.4 is 14.9 Å². The number of morpholine rings is 1. The molecule has 0 unspecified atom stereocenters. The summed E-state index contributed by atoms with van der Waals surface area (Å²) in [7, 11) is 1.62. The van der Waals surface area contributed by atoms with Crippen LogP contribution in [0.4, 0.5) is 0 Å². The third-order valence-corrected chi connectivity index (χ3v) is 6.24. The minimum Gasteiger partial charge on any atom is -0.497 e. The van der Waals surface area contributed by atoms with Gasteiger partial charge in [0, 0.05) is 26.2 Å². The van der Waals surface area contributed by atoms with Crippen molar-refractivity contribution in [1.82, 2.24) is 9.80 Å². The highest BCUT2D eigenvalue weighted by Crippen LogP contribution is 2.32. The van der Waals surface area contributed by atoms with Crippen LogP contribution in [0.1, 0.15) is 12.0 Å². The molecule has 0 spiro atoms. The van der Waals surface area contributed by atoms with Gasteiger partial charge in [-0.05, 0) is 42.8 Å². The van der Waals surface area contributed by atoms with Gasteiger partial charge in [-0.1, -0.05) is 12.1 Å². The van der Waals surface area contributed by atoms with Gasteiger partial charge < -0.3 is 18.6 Å². The van der Waals surface area contributed by atoms with E-state index in [9.17, 15) is 4.79 Å². The van der Waals surface area contributed by atoms with Crippen molar-refractivity contribution in [2.75, 3.05) is 53.2 Å². The summed E-state index contributed by atoms with van der Waals surface area (Å²) in [6.07, 6.45) is 2.62. The number of hydrogen-bond donors (Lipinski definition) is 0. The van der Waals surface area contributed by atoms with Gasteiger partial charge in [0.2, 0.25) is 5.43 Å². The summed E-state index contributed by atoms with van der Waals surface area (Å²) in [4.78, 5) is 17.9. The second kappa shape index (κ2) is 9.32. The molecule has 168 valence electrons. The van der Waals surface area contributed by atoms with Gasteiger partial charge in [0.25, 0.3) is 0 Å². The maximum absolute atomic E-state index is 13.2. The molecular formula is C25H28N2O5. The van der Waals surface area contributed by atoms with Crippen LogP contribution >= 0.6 is 0 Å². The molecule has 1 saturated heterocycles. The Balaban J connectivity index is 1.35. The molecule has 2 aromatic carbocycles. The minimum atomic E-state index is -0.0383. The Morgan fingerprint density at radius 1 is 1.00 bits per heavy atom. The van der Waals surface area contributed by atoms with E-state index < -0.39 is 0 Å². The molecule has 0 radical (unpaired) electrons. The number of hydrogen-bond acceptors (Lipinski definition) is 7. The van der Waals surface area contributed by atoms with Crippen molar-refractivity contribution in [3.8, 4) is 22.6 Å². The summed E-state index contributed by atoms with van der Waals surface area (Å²) in [5.41, 5.74) is 2.86. The third kappa shape index (κ3) is 4.24. The lowest BCUT2D eigenvalue weighted by atomic mass is 10.0. The average molecular weight is 437 g/mol. The summed E-state index contributed by atoms with van der Waals surface area (Å²) < 4.78 is 22.6. The first kappa shape index (κ1) is 21.0. The predicted octanol–water partition coefficient (Wildman–Crippen LogP) is 3.34. The van der Waals surface area contributed by atoms with E-state index >= 15 is 0 Å². The quantitative estimate of drug-likeness (QED) is 0.587. The molecule has 32 heavy (non-hydrogen) atoms. The standard InChI is InChI=1S/C25H28N2O5/c1-29-19-5-3-18(4-6-19)22-16-31-25-20(24(22)28)7-8-23-21(25)15-27(17-32-23)10-2-9-26-11-13-30-14-12-26/h3-8,16H,2,9-15,17H2,1H3. The lowest BCUT2D eigenvalue weighted by Crippen LogP contribution is -2.39. The summed E-state index contributed by atoms with van der Waals surface area (Å²) in [6, 6.07) is 11.1. The Hall–Kier alpha value is -2.87. The number of ether oxygens (including phenoxy) is 3. The fourth-order valence-corrected chi connectivity index (χ4v) is 4.41. The number of fused-ring (bicyclic) bond motifs is 3. The van der Waals surface area contributed by atoms with E-state index in [0.29, 0.717) is 29.8 Å². The zero-order chi connectivity index (χ0) is 21.9. The van der Waals surface area contributed by atoms with Crippen molar-refractivity contribution in [3.05, 3.63) is 58.4 Å². The molecule has 2 aliphatic heterocycles. The van der Waals surface area contributed by atoms with Crippen LogP contribution in [-0.4, -0.2) is 63.0 Å². The third-order valence-electron chi connectivity index (χ3n) is 6.24. The zero-order valence-corrected chi connectivity index (χ0v) is 18.3. The van der Waals surface area contributed by atoms with Gasteiger partial charge in [-0.25, -0.2) is 0 Å². The average Bonchev–Trinajstić information content (AvgIpc) is 2.85. The number of rotatable bonds is 6. The number of nitrogens with zero attached hydrogens (tertiary/aromatic N) is 2. The Labute approximate surface area is 187 Å². The van der Waals surface area contributed by atoms with Crippen LogP contribution in [0, 0.1) is 0 Å². The number of methoxy groups -OCH3 is 1. The first-order valence-electron chi connectivity index (χ1n) is 11.1. The summed E-state index contributed by atoms with van der Waals surface area (Å²) in [6.45, 7) is 6.91. The molecule has 3 heterocycles. The molecule has 2 aliphatic rings. The van der Waals surface area contributed by atoms with Crippen molar-refractivity contribution < 1.29 is 18.6 Å². The van der Waals surface area contributed by atoms with Gasteiger partial charge >= 0.3 is 0 Å². The van der Waals surface area contributed by atoms with E-state index in [4.69, 9.17) is 18.6 Å². The van der Waals surface area contributed by atoms with Gasteiger partial charge in [0.05, 0.1) is 36.8 Å². The van der Waals surface area contributed by atoms with Gasteiger partial charge in [-0.2, -0.15) is 0 Å². The molecule has 1 aromatic heterocycles. The summed E-state index contributed by atoms with van der Waals surface area (Å²) in [5.74, 6) is 1.54. The topological polar surface area (TPSA) is 64.4 Å². The van der Waals surface area contributed by atoms with Gasteiger partial charge in [0.1, 0.15) is 30.1 Å². The van der Waals surface area contributed by atoms with Crippen LogP contribution in [0.25, 0.3) is 22.1 Å². The maximum atomic E-state index is 13.2. The maximum Gasteiger partial charge on any atom is 0.200 e. The smallest absolute Gasteiger partial charge is 0.200 e. The van der Waals surface area contributed by atoms with E-state index in [1.807, 2.05) is 30.3 Å². The highest BCUT2D eigenvalue weighted by atomic mass is 16.5. The first-order chi connectivity index (χ1) is 15.7. The molecule has 0 N–H and O–H groups in total. The molecule has 1 fully saturated rings. The van der Waals surface area contributed by atoms with Crippen LogP contribution in [0.2, 0.25) is 0 Å². The summed E-state index contributed by atoms with van der Waals surface area (Å²) >= 11 is 0. The lowest BCUT2D eigenvalue weighted by molar-refractivity contribution is 0.0330. The molecule has 0 atom stereocenters. The first-order valence-corrected chi connectivity index (χ1v) is 11.1. The monoisotopic (exact) mass is 436 g/mol. The highest BCUT2D eigenvalue weighted by molar-refractivity contribution is 5.85. The van der Waals surface area contributed by atoms with Gasteiger partial charge in [-0.15, -0.1) is 0 Å². The van der Waals surface area contributed by atoms with Crippen LogP contribution in [0.3, 0.4) is 0 Å². The van der Waals surface area contributed by atoms with E-state index in [0.717, 1.165) is 68.4 Å². The largest absolute Gasteiger partial charge is 0.497 e. The Morgan fingerprint density at radius 3 is 2.56 bits per heavy atom. The molecule has 7 nitrogen and oxygen atoms in total. The Bertz CT molecular complexity index is 1140. The van der Waals surface area contributed by atoms with Gasteiger partial charge in [0.15, 0.2) is 0 Å². The van der Waals surface area contributed by atoms with Crippen molar-refractivity contribution in [2.45, 2.75) is 13.0 Å². The molecule has 7 heteroatoms. The van der Waals surface area contributed by atoms with E-state index in [-0.39, 0.29) is 5.43 Å². The van der Waals surface area contributed by atoms with Gasteiger partial charge in [-0.3, -0.25) is 14.6 Å². The normalized spacial score (nSPS) is 17.2. The van der Waals surface area contributed by atoms with E-state index in [1.54, 1.807) is 19.4 Å². The van der Waals surface area contributed by atoms with Crippen molar-refractivity contribution >= 4 is 11.0 Å². The highest BCUT2D eigenvalue weighted by Gasteiger charge is 2.23. The van der Waals surface area contributed by atoms with Crippen molar-refractivity contribution in [2.24, 2.45) is 0 Å². The Kier molecular flexibility index (Phi) is 6.12. The molecule has 5 rings (SSSR count). The molecule has 0 saturated carbocycles. The molecule has 0 amide bonds. The van der Waals surface area contributed by atoms with Crippen LogP contribution in [-0.2, 0) is 11.3 Å². The molecule has 0 bridgehead atoms. The van der Waals surface area contributed by atoms with Crippen molar-refractivity contribution in [3.63, 3.8) is 0 Å². The fourth-order valence-electron chi connectivity index (χ4n) is 4.41. The fraction of sp³-hybridized carbons (Fsp3) is 0.400. The zero-order valence-electron chi connectivity index (χ0n) is 18.3. The molecule has 0 aliphatic carbocycles. The Morgan fingerprint density at radius 2 is 1.78 bits per heavy atom. The SMILES string of the molecule is COc1ccc(-c2coc3c4c(ccc3c2=O)OCN(CCCN2CCOCC2)C4)cc1. The van der Waals surface area contributed by atoms with Crippen LogP contribution in [0.5, 0.6) is 11.5 Å². The lowest BCUT2D eigenvalue weighted by Gasteiger charge is -2.31. The van der Waals surface area contributed by atoms with E-state index in [2.05, 4.69) is 9.80 Å². The van der Waals surface area contributed by atoms with Crippen LogP contribution in [0.15, 0.2) is 51.9 Å². The molecular weight excluding hydrogens is 408 g/mol. The predicted molar refractivity (Wildman–Crippen MR) is 122 cm³/mol. The van der Waals surface area contributed by atoms with E-state index in [1.165, 1.54) is 0 Å². The number of benzene rings is 2.